The first kappa shape index (κ1) is 21.0. The van der Waals surface area contributed by atoms with Crippen molar-refractivity contribution in [1.29, 1.82) is 0 Å². The van der Waals surface area contributed by atoms with Crippen LogP contribution in [0.2, 0.25) is 0 Å². The largest absolute Gasteiger partial charge is 0.365 e. The molecular formula is C26H35N. The maximum Gasteiger partial charge on any atom is 0.0149 e. The van der Waals surface area contributed by atoms with E-state index in [2.05, 4.69) is 81.4 Å². The molecule has 2 aliphatic carbocycles. The molecule has 27 heavy (non-hydrogen) atoms. The van der Waals surface area contributed by atoms with Crippen molar-refractivity contribution in [3.05, 3.63) is 94.9 Å². The first-order valence-electron chi connectivity index (χ1n) is 10.4. The average Bonchev–Trinajstić information content (AvgIpc) is 2.90. The van der Waals surface area contributed by atoms with E-state index in [1.54, 1.807) is 5.57 Å². The summed E-state index contributed by atoms with van der Waals surface area (Å²) >= 11 is 0. The average molecular weight is 362 g/mol. The zero-order chi connectivity index (χ0) is 19.5. The van der Waals surface area contributed by atoms with Crippen LogP contribution in [0.3, 0.4) is 0 Å². The van der Waals surface area contributed by atoms with Crippen molar-refractivity contribution in [2.45, 2.75) is 65.7 Å². The summed E-state index contributed by atoms with van der Waals surface area (Å²) in [6.45, 7) is 10.5. The normalized spacial score (nSPS) is 20.9. The van der Waals surface area contributed by atoms with E-state index in [1.165, 1.54) is 40.8 Å². The van der Waals surface area contributed by atoms with Crippen LogP contribution in [0.4, 0.5) is 0 Å². The molecule has 0 bridgehead atoms. The second-order valence-electron chi connectivity index (χ2n) is 7.20. The molecule has 0 aliphatic heterocycles. The lowest BCUT2D eigenvalue weighted by atomic mass is 9.95. The molecule has 2 aliphatic rings. The molecule has 0 saturated heterocycles. The van der Waals surface area contributed by atoms with Gasteiger partial charge in [-0.2, -0.15) is 0 Å². The number of rotatable bonds is 8. The van der Waals surface area contributed by atoms with Gasteiger partial charge in [-0.25, -0.2) is 0 Å². The van der Waals surface area contributed by atoms with Crippen LogP contribution in [0, 0.1) is 0 Å². The second-order valence-corrected chi connectivity index (χ2v) is 7.20. The summed E-state index contributed by atoms with van der Waals surface area (Å²) in [5.41, 5.74) is 8.52. The molecular weight excluding hydrogens is 326 g/mol. The molecule has 0 aromatic heterocycles. The summed E-state index contributed by atoms with van der Waals surface area (Å²) in [6, 6.07) is 0. The summed E-state index contributed by atoms with van der Waals surface area (Å²) in [5, 5.41) is 3.55. The minimum atomic E-state index is 1.01. The lowest BCUT2D eigenvalue weighted by molar-refractivity contribution is 0.790. The Morgan fingerprint density at radius 1 is 1.15 bits per heavy atom. The van der Waals surface area contributed by atoms with Gasteiger partial charge in [0.15, 0.2) is 0 Å². The summed E-state index contributed by atoms with van der Waals surface area (Å²) in [5.74, 6) is 0. The van der Waals surface area contributed by atoms with Crippen LogP contribution in [-0.4, -0.2) is 0 Å². The molecule has 0 spiro atoms. The molecule has 0 unspecified atom stereocenters. The van der Waals surface area contributed by atoms with Crippen molar-refractivity contribution in [2.75, 3.05) is 0 Å². The highest BCUT2D eigenvalue weighted by atomic mass is 14.8. The van der Waals surface area contributed by atoms with Crippen molar-refractivity contribution in [3.63, 3.8) is 0 Å². The van der Waals surface area contributed by atoms with Crippen molar-refractivity contribution < 1.29 is 0 Å². The predicted molar refractivity (Wildman–Crippen MR) is 120 cm³/mol. The number of allylic oxidation sites excluding steroid dienone is 14. The van der Waals surface area contributed by atoms with Gasteiger partial charge in [-0.1, -0.05) is 79.7 Å². The minimum Gasteiger partial charge on any atom is -0.365 e. The van der Waals surface area contributed by atoms with E-state index in [0.29, 0.717) is 0 Å². The Labute approximate surface area is 166 Å². The summed E-state index contributed by atoms with van der Waals surface area (Å²) in [4.78, 5) is 0. The topological polar surface area (TPSA) is 12.0 Å². The quantitative estimate of drug-likeness (QED) is 0.469. The number of hydrogen-bond acceptors (Lipinski definition) is 1. The summed E-state index contributed by atoms with van der Waals surface area (Å²) in [7, 11) is 0. The van der Waals surface area contributed by atoms with Gasteiger partial charge in [0, 0.05) is 5.70 Å². The molecule has 2 rings (SSSR count). The molecule has 0 atom stereocenters. The van der Waals surface area contributed by atoms with Crippen LogP contribution in [-0.2, 0) is 0 Å². The highest BCUT2D eigenvalue weighted by molar-refractivity contribution is 5.47. The molecule has 144 valence electrons. The van der Waals surface area contributed by atoms with Gasteiger partial charge in [-0.3, -0.25) is 0 Å². The van der Waals surface area contributed by atoms with Crippen LogP contribution in [0.25, 0.3) is 0 Å². The third kappa shape index (κ3) is 6.75. The Morgan fingerprint density at radius 2 is 2.00 bits per heavy atom. The smallest absolute Gasteiger partial charge is 0.0149 e. The highest BCUT2D eigenvalue weighted by Gasteiger charge is 2.09. The van der Waals surface area contributed by atoms with Gasteiger partial charge in [0.05, 0.1) is 0 Å². The van der Waals surface area contributed by atoms with E-state index in [4.69, 9.17) is 0 Å². The molecule has 1 nitrogen and oxygen atoms in total. The van der Waals surface area contributed by atoms with E-state index < -0.39 is 0 Å². The van der Waals surface area contributed by atoms with E-state index in [1.807, 2.05) is 6.08 Å². The third-order valence-corrected chi connectivity index (χ3v) is 5.40. The Bertz CT molecular complexity index is 732. The predicted octanol–water partition coefficient (Wildman–Crippen LogP) is 7.61. The van der Waals surface area contributed by atoms with Crippen molar-refractivity contribution in [1.82, 2.24) is 5.32 Å². The van der Waals surface area contributed by atoms with Gasteiger partial charge in [-0.15, -0.1) is 0 Å². The minimum absolute atomic E-state index is 1.01. The van der Waals surface area contributed by atoms with Gasteiger partial charge in [0.2, 0.25) is 0 Å². The lowest BCUT2D eigenvalue weighted by Gasteiger charge is -2.15. The first-order chi connectivity index (χ1) is 13.2. The monoisotopic (exact) mass is 361 g/mol. The Kier molecular flexibility index (Phi) is 8.91. The fraction of sp³-hybridized carbons (Fsp3) is 0.385. The van der Waals surface area contributed by atoms with Crippen LogP contribution in [0.5, 0.6) is 0 Å². The third-order valence-electron chi connectivity index (χ3n) is 5.40. The summed E-state index contributed by atoms with van der Waals surface area (Å²) in [6.07, 6.45) is 27.5. The molecule has 0 amide bonds. The van der Waals surface area contributed by atoms with Gasteiger partial charge in [0.1, 0.15) is 0 Å². The fourth-order valence-electron chi connectivity index (χ4n) is 3.51. The van der Waals surface area contributed by atoms with Crippen molar-refractivity contribution >= 4 is 0 Å². The number of nitrogens with one attached hydrogen (secondary N) is 1. The molecule has 0 fully saturated rings. The maximum atomic E-state index is 3.87. The van der Waals surface area contributed by atoms with Crippen LogP contribution in [0.15, 0.2) is 94.9 Å². The van der Waals surface area contributed by atoms with Crippen LogP contribution < -0.4 is 5.32 Å². The van der Waals surface area contributed by atoms with Gasteiger partial charge in [-0.05, 0) is 75.3 Å². The molecule has 0 radical (unpaired) electrons. The molecule has 1 heteroatoms. The van der Waals surface area contributed by atoms with Crippen molar-refractivity contribution in [3.8, 4) is 0 Å². The van der Waals surface area contributed by atoms with Crippen LogP contribution in [0.1, 0.15) is 65.7 Å². The Balaban J connectivity index is 1.95. The lowest BCUT2D eigenvalue weighted by Crippen LogP contribution is -2.09. The Hall–Kier alpha value is -2.28. The first-order valence-corrected chi connectivity index (χ1v) is 10.4. The maximum absolute atomic E-state index is 3.87. The van der Waals surface area contributed by atoms with Gasteiger partial charge >= 0.3 is 0 Å². The molecule has 0 saturated carbocycles. The van der Waals surface area contributed by atoms with Gasteiger partial charge in [0.25, 0.3) is 0 Å². The zero-order valence-corrected chi connectivity index (χ0v) is 17.4. The second kappa shape index (κ2) is 11.4. The molecule has 0 heterocycles. The number of hydrogen-bond donors (Lipinski definition) is 1. The van der Waals surface area contributed by atoms with Crippen molar-refractivity contribution in [2.24, 2.45) is 0 Å². The molecule has 1 N–H and O–H groups in total. The highest BCUT2D eigenvalue weighted by Crippen LogP contribution is 2.28. The zero-order valence-electron chi connectivity index (χ0n) is 17.4. The van der Waals surface area contributed by atoms with E-state index in [-0.39, 0.29) is 0 Å². The standard InChI is InChI=1S/C26H35N/c1-5-10-25-19-23(11-9-12-24(25)8-4)14-13-22(7-3)20-27-26-17-15-21(6-2)16-18-26/h5,8-12,15,17,20,27H,1,6-7,13-14,16,18-19H2,2-4H3/b22-20-,24-8-,25-10-. The SMILES string of the molecule is C=C/C=C1/CC(CC/C(=C\NC2=CC=C(CC)CC2)CC)=CC=C/C1=C/C. The van der Waals surface area contributed by atoms with E-state index in [9.17, 15) is 0 Å². The Morgan fingerprint density at radius 3 is 2.63 bits per heavy atom. The van der Waals surface area contributed by atoms with E-state index in [0.717, 1.165) is 32.1 Å². The summed E-state index contributed by atoms with van der Waals surface area (Å²) < 4.78 is 0. The van der Waals surface area contributed by atoms with Crippen LogP contribution >= 0.6 is 0 Å². The molecule has 0 aromatic rings. The molecule has 0 aromatic carbocycles. The fourth-order valence-corrected chi connectivity index (χ4v) is 3.51. The van der Waals surface area contributed by atoms with E-state index >= 15 is 0 Å². The van der Waals surface area contributed by atoms with Gasteiger partial charge < -0.3 is 5.32 Å².